The summed E-state index contributed by atoms with van der Waals surface area (Å²) < 4.78 is 0. The number of rotatable bonds is 0. The highest BCUT2D eigenvalue weighted by molar-refractivity contribution is 7.98. The first-order valence-electron chi connectivity index (χ1n) is 3.20. The maximum Gasteiger partial charge on any atom is 0.0202 e. The highest BCUT2D eigenvalue weighted by Crippen LogP contribution is 2.22. The number of hydrogen-bond acceptors (Lipinski definition) is 1. The van der Waals surface area contributed by atoms with Gasteiger partial charge in [0.15, 0.2) is 0 Å². The van der Waals surface area contributed by atoms with Gasteiger partial charge in [-0.1, -0.05) is 0 Å². The predicted molar refractivity (Wildman–Crippen MR) is 40.7 cm³/mol. The van der Waals surface area contributed by atoms with Gasteiger partial charge in [-0.2, -0.15) is 11.8 Å². The minimum absolute atomic E-state index is 1.21. The van der Waals surface area contributed by atoms with Crippen LogP contribution in [0.1, 0.15) is 11.3 Å². The number of aromatic amines is 1. The molecule has 9 heavy (non-hydrogen) atoms. The van der Waals surface area contributed by atoms with Crippen molar-refractivity contribution in [1.82, 2.24) is 4.98 Å². The number of nitrogens with one attached hydrogen (secondary N) is 1. The van der Waals surface area contributed by atoms with Gasteiger partial charge in [0.05, 0.1) is 0 Å². The van der Waals surface area contributed by atoms with Crippen LogP contribution in [0.3, 0.4) is 0 Å². The minimum atomic E-state index is 1.21. The molecule has 0 saturated heterocycles. The SMILES string of the molecule is c1cc2c([nH]1)CCSC2. The van der Waals surface area contributed by atoms with Gasteiger partial charge < -0.3 is 4.98 Å². The summed E-state index contributed by atoms with van der Waals surface area (Å²) in [5.74, 6) is 2.49. The molecule has 1 N–H and O–H groups in total. The van der Waals surface area contributed by atoms with Crippen molar-refractivity contribution in [2.75, 3.05) is 5.75 Å². The van der Waals surface area contributed by atoms with E-state index in [0.717, 1.165) is 0 Å². The third-order valence-electron chi connectivity index (χ3n) is 1.68. The van der Waals surface area contributed by atoms with Gasteiger partial charge in [0.1, 0.15) is 0 Å². The van der Waals surface area contributed by atoms with E-state index < -0.39 is 0 Å². The maximum atomic E-state index is 3.24. The fraction of sp³-hybridized carbons (Fsp3) is 0.429. The van der Waals surface area contributed by atoms with Gasteiger partial charge in [-0.05, 0) is 23.8 Å². The van der Waals surface area contributed by atoms with Gasteiger partial charge >= 0.3 is 0 Å². The highest BCUT2D eigenvalue weighted by atomic mass is 32.2. The van der Waals surface area contributed by atoms with Crippen LogP contribution in [0.4, 0.5) is 0 Å². The Labute approximate surface area is 58.9 Å². The van der Waals surface area contributed by atoms with Gasteiger partial charge in [0.2, 0.25) is 0 Å². The molecule has 1 aromatic heterocycles. The summed E-state index contributed by atoms with van der Waals surface area (Å²) in [5.41, 5.74) is 2.96. The van der Waals surface area contributed by atoms with E-state index >= 15 is 0 Å². The summed E-state index contributed by atoms with van der Waals surface area (Å²) in [6.07, 6.45) is 3.27. The van der Waals surface area contributed by atoms with E-state index in [1.165, 1.54) is 29.2 Å². The molecule has 48 valence electrons. The van der Waals surface area contributed by atoms with Gasteiger partial charge in [-0.3, -0.25) is 0 Å². The number of fused-ring (bicyclic) bond motifs is 1. The van der Waals surface area contributed by atoms with E-state index in [1.54, 1.807) is 0 Å². The fourth-order valence-electron chi connectivity index (χ4n) is 1.16. The zero-order chi connectivity index (χ0) is 6.10. The Kier molecular flexibility index (Phi) is 1.27. The third-order valence-corrected chi connectivity index (χ3v) is 2.69. The Morgan fingerprint density at radius 2 is 2.56 bits per heavy atom. The molecule has 0 radical (unpaired) electrons. The van der Waals surface area contributed by atoms with E-state index in [4.69, 9.17) is 0 Å². The molecular formula is C7H9NS. The Morgan fingerprint density at radius 3 is 3.44 bits per heavy atom. The minimum Gasteiger partial charge on any atom is -0.365 e. The standard InChI is InChI=1S/C7H9NS/c1-3-8-7-2-4-9-5-6(1)7/h1,3,8H,2,4-5H2. The van der Waals surface area contributed by atoms with Crippen LogP contribution in [0.25, 0.3) is 0 Å². The summed E-state index contributed by atoms with van der Waals surface area (Å²) in [6.45, 7) is 0. The molecule has 1 aliphatic rings. The first-order chi connectivity index (χ1) is 4.47. The smallest absolute Gasteiger partial charge is 0.0202 e. The van der Waals surface area contributed by atoms with E-state index in [1.807, 2.05) is 18.0 Å². The number of thioether (sulfide) groups is 1. The van der Waals surface area contributed by atoms with E-state index in [0.29, 0.717) is 0 Å². The van der Waals surface area contributed by atoms with Crippen molar-refractivity contribution in [2.45, 2.75) is 12.2 Å². The molecule has 2 rings (SSSR count). The van der Waals surface area contributed by atoms with Crippen molar-refractivity contribution < 1.29 is 0 Å². The average Bonchev–Trinajstić information content (AvgIpc) is 2.33. The number of hydrogen-bond donors (Lipinski definition) is 1. The van der Waals surface area contributed by atoms with E-state index in [2.05, 4.69) is 11.1 Å². The van der Waals surface area contributed by atoms with E-state index in [9.17, 15) is 0 Å². The lowest BCUT2D eigenvalue weighted by molar-refractivity contribution is 1.03. The molecule has 2 heterocycles. The van der Waals surface area contributed by atoms with Crippen molar-refractivity contribution in [3.63, 3.8) is 0 Å². The Hall–Kier alpha value is -0.370. The van der Waals surface area contributed by atoms with Crippen LogP contribution in [0.5, 0.6) is 0 Å². The summed E-state index contributed by atoms with van der Waals surface area (Å²) in [4.78, 5) is 3.24. The van der Waals surface area contributed by atoms with Crippen LogP contribution in [-0.4, -0.2) is 10.7 Å². The van der Waals surface area contributed by atoms with Gasteiger partial charge in [0, 0.05) is 17.6 Å². The molecule has 1 aromatic rings. The number of aromatic nitrogens is 1. The number of aryl methyl sites for hydroxylation is 1. The molecule has 2 heteroatoms. The Morgan fingerprint density at radius 1 is 1.56 bits per heavy atom. The van der Waals surface area contributed by atoms with Crippen molar-refractivity contribution in [1.29, 1.82) is 0 Å². The first kappa shape index (κ1) is 5.42. The second kappa shape index (κ2) is 2.10. The van der Waals surface area contributed by atoms with Crippen LogP contribution in [-0.2, 0) is 12.2 Å². The zero-order valence-electron chi connectivity index (χ0n) is 5.18. The molecule has 0 spiro atoms. The van der Waals surface area contributed by atoms with E-state index in [-0.39, 0.29) is 0 Å². The lowest BCUT2D eigenvalue weighted by Crippen LogP contribution is -1.99. The molecule has 0 atom stereocenters. The van der Waals surface area contributed by atoms with Crippen LogP contribution in [0.2, 0.25) is 0 Å². The van der Waals surface area contributed by atoms with Crippen molar-refractivity contribution in [2.24, 2.45) is 0 Å². The summed E-state index contributed by atoms with van der Waals surface area (Å²) >= 11 is 2.02. The molecule has 1 nitrogen and oxygen atoms in total. The number of H-pyrrole nitrogens is 1. The van der Waals surface area contributed by atoms with Crippen LogP contribution < -0.4 is 0 Å². The van der Waals surface area contributed by atoms with Gasteiger partial charge in [0.25, 0.3) is 0 Å². The van der Waals surface area contributed by atoms with Crippen molar-refractivity contribution >= 4 is 11.8 Å². The van der Waals surface area contributed by atoms with Crippen molar-refractivity contribution in [3.05, 3.63) is 23.5 Å². The zero-order valence-corrected chi connectivity index (χ0v) is 6.00. The molecule has 0 aliphatic carbocycles. The van der Waals surface area contributed by atoms with Crippen molar-refractivity contribution in [3.8, 4) is 0 Å². The maximum absolute atomic E-state index is 3.24. The Balaban J connectivity index is 2.39. The molecule has 0 unspecified atom stereocenters. The van der Waals surface area contributed by atoms with Gasteiger partial charge in [-0.25, -0.2) is 0 Å². The first-order valence-corrected chi connectivity index (χ1v) is 4.35. The molecule has 0 aromatic carbocycles. The normalized spacial score (nSPS) is 17.3. The average molecular weight is 139 g/mol. The van der Waals surface area contributed by atoms with Crippen LogP contribution in [0.15, 0.2) is 12.3 Å². The molecule has 0 bridgehead atoms. The topological polar surface area (TPSA) is 15.8 Å². The second-order valence-corrected chi connectivity index (χ2v) is 3.39. The van der Waals surface area contributed by atoms with Gasteiger partial charge in [-0.15, -0.1) is 0 Å². The molecular weight excluding hydrogens is 130 g/mol. The highest BCUT2D eigenvalue weighted by Gasteiger charge is 2.08. The molecule has 0 amide bonds. The van der Waals surface area contributed by atoms with Crippen LogP contribution in [0, 0.1) is 0 Å². The second-order valence-electron chi connectivity index (χ2n) is 2.28. The molecule has 0 saturated carbocycles. The molecule has 0 fully saturated rings. The summed E-state index contributed by atoms with van der Waals surface area (Å²) in [6, 6.07) is 2.18. The lowest BCUT2D eigenvalue weighted by atomic mass is 10.2. The largest absolute Gasteiger partial charge is 0.365 e. The summed E-state index contributed by atoms with van der Waals surface area (Å²) in [5, 5.41) is 0. The van der Waals surface area contributed by atoms with Crippen LogP contribution >= 0.6 is 11.8 Å². The Bertz CT molecular complexity index is 184. The quantitative estimate of drug-likeness (QED) is 0.579. The molecule has 1 aliphatic heterocycles. The lowest BCUT2D eigenvalue weighted by Gasteiger charge is -2.08. The monoisotopic (exact) mass is 139 g/mol. The fourth-order valence-corrected chi connectivity index (χ4v) is 2.14. The third kappa shape index (κ3) is 0.874. The predicted octanol–water partition coefficient (Wildman–Crippen LogP) is 1.80. The summed E-state index contributed by atoms with van der Waals surface area (Å²) in [7, 11) is 0.